The number of nitro benzene ring substituents is 1. The Bertz CT molecular complexity index is 1410. The Morgan fingerprint density at radius 3 is 2.78 bits per heavy atom. The lowest BCUT2D eigenvalue weighted by Crippen LogP contribution is -2.20. The van der Waals surface area contributed by atoms with Crippen molar-refractivity contribution >= 4 is 55.6 Å². The molecule has 0 fully saturated rings. The second kappa shape index (κ2) is 8.60. The molecular weight excluding hydrogens is 496 g/mol. The van der Waals surface area contributed by atoms with Gasteiger partial charge in [-0.1, -0.05) is 12.1 Å². The van der Waals surface area contributed by atoms with Crippen molar-refractivity contribution in [2.45, 2.75) is 13.8 Å². The maximum absolute atomic E-state index is 13.1. The van der Waals surface area contributed by atoms with E-state index in [1.807, 2.05) is 18.4 Å². The average Bonchev–Trinajstić information content (AvgIpc) is 3.34. The van der Waals surface area contributed by atoms with E-state index in [-0.39, 0.29) is 5.69 Å². The summed E-state index contributed by atoms with van der Waals surface area (Å²) in [6.07, 6.45) is 0. The number of non-ortho nitro benzene ring substituents is 1. The Hall–Kier alpha value is -3.44. The summed E-state index contributed by atoms with van der Waals surface area (Å²) in [4.78, 5) is 29.4. The van der Waals surface area contributed by atoms with Gasteiger partial charge in [-0.2, -0.15) is 10.2 Å². The third-order valence-corrected chi connectivity index (χ3v) is 6.62. The number of rotatable bonds is 5. The number of fused-ring (bicyclic) bond motifs is 1. The summed E-state index contributed by atoms with van der Waals surface area (Å²) in [5.41, 5.74) is 5.66. The van der Waals surface area contributed by atoms with E-state index in [4.69, 9.17) is 0 Å². The lowest BCUT2D eigenvalue weighted by atomic mass is 10.0. The van der Waals surface area contributed by atoms with E-state index in [2.05, 4.69) is 36.5 Å². The summed E-state index contributed by atoms with van der Waals surface area (Å²) < 4.78 is 2.53. The fraction of sp³-hybridized carbons (Fsp3) is 0.143. The number of carbonyl (C=O) groups excluding carboxylic acids is 1. The number of nitrogens with zero attached hydrogens (tertiary/aromatic N) is 5. The second-order valence-corrected chi connectivity index (χ2v) is 8.86. The van der Waals surface area contributed by atoms with Gasteiger partial charge >= 0.3 is 0 Å². The van der Waals surface area contributed by atoms with Crippen molar-refractivity contribution in [1.82, 2.24) is 20.2 Å². The second-order valence-electron chi connectivity index (χ2n) is 7.04. The molecule has 0 saturated carbocycles. The van der Waals surface area contributed by atoms with E-state index in [0.717, 1.165) is 9.35 Å². The number of nitrogens with one attached hydrogen (secondary N) is 1. The highest BCUT2D eigenvalue weighted by Crippen LogP contribution is 2.28. The van der Waals surface area contributed by atoms with Crippen LogP contribution in [0.4, 0.5) is 5.69 Å². The Morgan fingerprint density at radius 2 is 2.09 bits per heavy atom. The molecule has 0 bridgehead atoms. The third-order valence-electron chi connectivity index (χ3n) is 4.82. The maximum atomic E-state index is 13.1. The zero-order valence-electron chi connectivity index (χ0n) is 17.3. The molecule has 3 aromatic heterocycles. The van der Waals surface area contributed by atoms with Gasteiger partial charge in [0.15, 0.2) is 5.65 Å². The largest absolute Gasteiger partial charge is 0.272 e. The molecule has 0 aliphatic heterocycles. The van der Waals surface area contributed by atoms with Gasteiger partial charge in [-0.15, -0.1) is 11.3 Å². The molecule has 1 aromatic carbocycles. The summed E-state index contributed by atoms with van der Waals surface area (Å²) in [7, 11) is 1.73. The van der Waals surface area contributed by atoms with Crippen molar-refractivity contribution in [3.05, 3.63) is 72.5 Å². The molecule has 32 heavy (non-hydrogen) atoms. The summed E-state index contributed by atoms with van der Waals surface area (Å²) >= 11 is 4.92. The highest BCUT2D eigenvalue weighted by molar-refractivity contribution is 9.10. The van der Waals surface area contributed by atoms with E-state index in [0.29, 0.717) is 39.3 Å². The third kappa shape index (κ3) is 4.16. The topological polar surface area (TPSA) is 115 Å². The van der Waals surface area contributed by atoms with Gasteiger partial charge in [0, 0.05) is 34.6 Å². The van der Waals surface area contributed by atoms with Crippen LogP contribution in [0.1, 0.15) is 27.9 Å². The van der Waals surface area contributed by atoms with Crippen molar-refractivity contribution in [3.8, 4) is 11.3 Å². The lowest BCUT2D eigenvalue weighted by molar-refractivity contribution is -0.384. The van der Waals surface area contributed by atoms with Crippen LogP contribution in [0.5, 0.6) is 0 Å². The van der Waals surface area contributed by atoms with Crippen LogP contribution in [0.15, 0.2) is 51.4 Å². The average molecular weight is 513 g/mol. The first kappa shape index (κ1) is 21.8. The number of aryl methyl sites for hydroxylation is 2. The van der Waals surface area contributed by atoms with Gasteiger partial charge in [0.2, 0.25) is 0 Å². The standard InChI is InChI=1S/C21H17BrN6O3S/c1-11(18-8-14(22)10-32-18)24-25-21(29)16-9-17(13-5-4-6-15(7-13)28(30)31)23-20-19(16)12(2)26-27(20)3/h4-10H,1-3H3,(H,25,29)/b24-11+. The summed E-state index contributed by atoms with van der Waals surface area (Å²) in [6, 6.07) is 9.66. The Kier molecular flexibility index (Phi) is 5.85. The fourth-order valence-electron chi connectivity index (χ4n) is 3.30. The minimum Gasteiger partial charge on any atom is -0.267 e. The normalized spacial score (nSPS) is 11.7. The zero-order chi connectivity index (χ0) is 23.0. The van der Waals surface area contributed by atoms with Gasteiger partial charge in [-0.05, 0) is 41.9 Å². The summed E-state index contributed by atoms with van der Waals surface area (Å²) in [6.45, 7) is 3.61. The molecule has 4 aromatic rings. The van der Waals surface area contributed by atoms with E-state index < -0.39 is 10.8 Å². The van der Waals surface area contributed by atoms with E-state index >= 15 is 0 Å². The van der Waals surface area contributed by atoms with Crippen molar-refractivity contribution < 1.29 is 9.72 Å². The highest BCUT2D eigenvalue weighted by atomic mass is 79.9. The number of aromatic nitrogens is 3. The molecule has 0 aliphatic carbocycles. The van der Waals surface area contributed by atoms with Gasteiger partial charge in [-0.3, -0.25) is 19.6 Å². The molecule has 9 nitrogen and oxygen atoms in total. The number of pyridine rings is 1. The van der Waals surface area contributed by atoms with Crippen LogP contribution in [0.25, 0.3) is 22.3 Å². The van der Waals surface area contributed by atoms with Crippen LogP contribution in [0.2, 0.25) is 0 Å². The molecule has 0 aliphatic rings. The summed E-state index contributed by atoms with van der Waals surface area (Å²) in [5, 5.41) is 22.3. The van der Waals surface area contributed by atoms with Crippen LogP contribution in [-0.2, 0) is 7.05 Å². The minimum absolute atomic E-state index is 0.0566. The molecule has 0 saturated heterocycles. The Morgan fingerprint density at radius 1 is 1.31 bits per heavy atom. The van der Waals surface area contributed by atoms with E-state index in [1.165, 1.54) is 23.5 Å². The van der Waals surface area contributed by atoms with Gasteiger partial charge in [0.05, 0.1) is 37.8 Å². The SMILES string of the molecule is C/C(=N\NC(=O)c1cc(-c2cccc([N+](=O)[O-])c2)nc2c1c(C)nn2C)c1cc(Br)cs1. The molecule has 4 rings (SSSR count). The molecule has 0 atom stereocenters. The lowest BCUT2D eigenvalue weighted by Gasteiger charge is -2.08. The van der Waals surface area contributed by atoms with Crippen molar-refractivity contribution in [3.63, 3.8) is 0 Å². The smallest absolute Gasteiger partial charge is 0.267 e. The van der Waals surface area contributed by atoms with Crippen LogP contribution < -0.4 is 5.43 Å². The number of halogens is 1. The van der Waals surface area contributed by atoms with Crippen LogP contribution in [0.3, 0.4) is 0 Å². The van der Waals surface area contributed by atoms with Crippen LogP contribution in [-0.4, -0.2) is 31.3 Å². The van der Waals surface area contributed by atoms with Gasteiger partial charge in [0.25, 0.3) is 11.6 Å². The minimum atomic E-state index is -0.468. The molecule has 11 heteroatoms. The molecule has 162 valence electrons. The van der Waals surface area contributed by atoms with Crippen LogP contribution in [0, 0.1) is 17.0 Å². The van der Waals surface area contributed by atoms with Crippen molar-refractivity contribution in [2.24, 2.45) is 12.1 Å². The highest BCUT2D eigenvalue weighted by Gasteiger charge is 2.20. The number of hydrazone groups is 1. The molecule has 0 unspecified atom stereocenters. The summed E-state index contributed by atoms with van der Waals surface area (Å²) in [5.74, 6) is -0.421. The number of nitro groups is 1. The Labute approximate surface area is 195 Å². The molecular formula is C21H17BrN6O3S. The van der Waals surface area contributed by atoms with E-state index in [9.17, 15) is 14.9 Å². The molecule has 3 heterocycles. The zero-order valence-corrected chi connectivity index (χ0v) is 19.7. The first-order valence-electron chi connectivity index (χ1n) is 9.43. The first-order valence-corrected chi connectivity index (χ1v) is 11.1. The number of carbonyl (C=O) groups is 1. The van der Waals surface area contributed by atoms with E-state index in [1.54, 1.807) is 36.9 Å². The number of hydrogen-bond acceptors (Lipinski definition) is 7. The molecule has 1 amide bonds. The Balaban J connectivity index is 1.78. The maximum Gasteiger partial charge on any atom is 0.272 e. The fourth-order valence-corrected chi connectivity index (χ4v) is 4.68. The number of hydrogen-bond donors (Lipinski definition) is 1. The quantitative estimate of drug-likeness (QED) is 0.233. The molecule has 0 spiro atoms. The number of benzene rings is 1. The number of thiophene rings is 1. The van der Waals surface area contributed by atoms with Crippen LogP contribution >= 0.6 is 27.3 Å². The first-order chi connectivity index (χ1) is 15.2. The van der Waals surface area contributed by atoms with Crippen molar-refractivity contribution in [2.75, 3.05) is 0 Å². The molecule has 1 N–H and O–H groups in total. The van der Waals surface area contributed by atoms with Gasteiger partial charge < -0.3 is 0 Å². The predicted molar refractivity (Wildman–Crippen MR) is 127 cm³/mol. The van der Waals surface area contributed by atoms with Gasteiger partial charge in [-0.25, -0.2) is 10.4 Å². The van der Waals surface area contributed by atoms with Gasteiger partial charge in [0.1, 0.15) is 0 Å². The van der Waals surface area contributed by atoms with Crippen molar-refractivity contribution in [1.29, 1.82) is 0 Å². The number of amides is 1. The molecule has 0 radical (unpaired) electrons. The monoisotopic (exact) mass is 512 g/mol. The predicted octanol–water partition coefficient (Wildman–Crippen LogP) is 4.83.